The maximum atomic E-state index is 5.46. The second-order valence-corrected chi connectivity index (χ2v) is 8.08. The molecule has 0 aliphatic carbocycles. The van der Waals surface area contributed by atoms with Gasteiger partial charge in [-0.2, -0.15) is 0 Å². The summed E-state index contributed by atoms with van der Waals surface area (Å²) in [4.78, 5) is 9.44. The summed E-state index contributed by atoms with van der Waals surface area (Å²) in [7, 11) is 1.71. The minimum Gasteiger partial charge on any atom is -0.497 e. The van der Waals surface area contributed by atoms with E-state index in [1.54, 1.807) is 18.4 Å². The summed E-state index contributed by atoms with van der Waals surface area (Å²) in [6, 6.07) is 17.1. The van der Waals surface area contributed by atoms with Gasteiger partial charge in [0.1, 0.15) is 5.75 Å². The number of benzene rings is 2. The van der Waals surface area contributed by atoms with E-state index in [-0.39, 0.29) is 0 Å². The number of thiazole rings is 1. The normalized spacial score (nSPS) is 14.1. The lowest BCUT2D eigenvalue weighted by atomic mass is 10.1. The molecule has 0 radical (unpaired) electrons. The van der Waals surface area contributed by atoms with E-state index < -0.39 is 0 Å². The Kier molecular flexibility index (Phi) is 6.32. The molecule has 2 heterocycles. The molecular formula is C23H27N3O2S. The van der Waals surface area contributed by atoms with Crippen molar-refractivity contribution in [3.05, 3.63) is 70.7 Å². The van der Waals surface area contributed by atoms with E-state index in [9.17, 15) is 0 Å². The van der Waals surface area contributed by atoms with Crippen LogP contribution in [0.3, 0.4) is 0 Å². The van der Waals surface area contributed by atoms with E-state index in [1.807, 2.05) is 19.1 Å². The molecule has 0 saturated carbocycles. The van der Waals surface area contributed by atoms with Gasteiger partial charge in [-0.05, 0) is 42.3 Å². The average molecular weight is 410 g/mol. The second-order valence-electron chi connectivity index (χ2n) is 7.24. The third-order valence-electron chi connectivity index (χ3n) is 5.07. The van der Waals surface area contributed by atoms with Crippen molar-refractivity contribution < 1.29 is 9.47 Å². The molecule has 2 aromatic carbocycles. The molecule has 1 aliphatic heterocycles. The van der Waals surface area contributed by atoms with Gasteiger partial charge in [-0.3, -0.25) is 0 Å². The molecule has 1 aromatic heterocycles. The second kappa shape index (κ2) is 9.29. The molecular weight excluding hydrogens is 382 g/mol. The monoisotopic (exact) mass is 409 g/mol. The Hall–Kier alpha value is -2.57. The van der Waals surface area contributed by atoms with E-state index in [4.69, 9.17) is 14.5 Å². The van der Waals surface area contributed by atoms with Crippen LogP contribution in [0.1, 0.15) is 16.8 Å². The zero-order valence-electron chi connectivity index (χ0n) is 17.0. The summed E-state index contributed by atoms with van der Waals surface area (Å²) >= 11 is 1.69. The third kappa shape index (κ3) is 5.08. The van der Waals surface area contributed by atoms with E-state index in [2.05, 4.69) is 51.6 Å². The first-order chi connectivity index (χ1) is 14.2. The Morgan fingerprint density at radius 3 is 2.52 bits per heavy atom. The van der Waals surface area contributed by atoms with Crippen molar-refractivity contribution in [2.75, 3.05) is 43.2 Å². The van der Waals surface area contributed by atoms with Crippen molar-refractivity contribution in [2.24, 2.45) is 0 Å². The van der Waals surface area contributed by atoms with Gasteiger partial charge in [-0.1, -0.05) is 24.3 Å². The SMILES string of the molecule is COc1cccc(CN(Cc2ccc(N3CCOCC3)cc2)c2nc(C)cs2)c1. The van der Waals surface area contributed by atoms with Crippen LogP contribution in [0.5, 0.6) is 5.75 Å². The Labute approximate surface area is 176 Å². The molecule has 29 heavy (non-hydrogen) atoms. The Morgan fingerprint density at radius 1 is 1.07 bits per heavy atom. The predicted octanol–water partition coefficient (Wildman–Crippen LogP) is 4.50. The number of hydrogen-bond donors (Lipinski definition) is 0. The lowest BCUT2D eigenvalue weighted by Gasteiger charge is -2.29. The van der Waals surface area contributed by atoms with Gasteiger partial charge in [-0.15, -0.1) is 11.3 Å². The summed E-state index contributed by atoms with van der Waals surface area (Å²) < 4.78 is 10.8. The zero-order chi connectivity index (χ0) is 20.1. The van der Waals surface area contributed by atoms with Crippen LogP contribution in [0.25, 0.3) is 0 Å². The molecule has 0 N–H and O–H groups in total. The number of ether oxygens (including phenoxy) is 2. The number of morpholine rings is 1. The number of nitrogens with zero attached hydrogens (tertiary/aromatic N) is 3. The van der Waals surface area contributed by atoms with Crippen LogP contribution in [0, 0.1) is 6.92 Å². The minimum atomic E-state index is 0.787. The molecule has 5 nitrogen and oxygen atoms in total. The van der Waals surface area contributed by atoms with Gasteiger partial charge in [0.05, 0.1) is 26.0 Å². The van der Waals surface area contributed by atoms with E-state index >= 15 is 0 Å². The fourth-order valence-corrected chi connectivity index (χ4v) is 4.33. The van der Waals surface area contributed by atoms with Crippen LogP contribution in [0.4, 0.5) is 10.8 Å². The number of methoxy groups -OCH3 is 1. The molecule has 1 fully saturated rings. The van der Waals surface area contributed by atoms with Crippen LogP contribution in [0.2, 0.25) is 0 Å². The van der Waals surface area contributed by atoms with E-state index in [0.717, 1.165) is 56.0 Å². The molecule has 152 valence electrons. The molecule has 0 atom stereocenters. The number of aromatic nitrogens is 1. The fraction of sp³-hybridized carbons (Fsp3) is 0.348. The molecule has 1 saturated heterocycles. The van der Waals surface area contributed by atoms with Gasteiger partial charge >= 0.3 is 0 Å². The first kappa shape index (κ1) is 19.7. The summed E-state index contributed by atoms with van der Waals surface area (Å²) in [5.41, 5.74) is 4.81. The summed E-state index contributed by atoms with van der Waals surface area (Å²) in [6.07, 6.45) is 0. The number of hydrogen-bond acceptors (Lipinski definition) is 6. The highest BCUT2D eigenvalue weighted by Gasteiger charge is 2.14. The maximum Gasteiger partial charge on any atom is 0.186 e. The van der Waals surface area contributed by atoms with Gasteiger partial charge < -0.3 is 19.3 Å². The van der Waals surface area contributed by atoms with Crippen molar-refractivity contribution in [3.63, 3.8) is 0 Å². The predicted molar refractivity (Wildman–Crippen MR) is 119 cm³/mol. The number of rotatable bonds is 7. The fourth-order valence-electron chi connectivity index (χ4n) is 3.52. The van der Waals surface area contributed by atoms with Crippen LogP contribution in [-0.2, 0) is 17.8 Å². The van der Waals surface area contributed by atoms with Gasteiger partial charge in [-0.25, -0.2) is 4.98 Å². The quantitative estimate of drug-likeness (QED) is 0.574. The molecule has 4 rings (SSSR count). The summed E-state index contributed by atoms with van der Waals surface area (Å²) in [5.74, 6) is 0.882. The Balaban J connectivity index is 1.51. The van der Waals surface area contributed by atoms with Gasteiger partial charge in [0, 0.05) is 37.2 Å². The highest BCUT2D eigenvalue weighted by atomic mass is 32.1. The number of anilines is 2. The van der Waals surface area contributed by atoms with Crippen molar-refractivity contribution in [2.45, 2.75) is 20.0 Å². The van der Waals surface area contributed by atoms with Crippen molar-refractivity contribution in [3.8, 4) is 5.75 Å². The molecule has 0 spiro atoms. The molecule has 0 unspecified atom stereocenters. The van der Waals surface area contributed by atoms with Crippen molar-refractivity contribution in [1.29, 1.82) is 0 Å². The molecule has 0 amide bonds. The first-order valence-corrected chi connectivity index (χ1v) is 10.8. The Morgan fingerprint density at radius 2 is 1.83 bits per heavy atom. The number of aryl methyl sites for hydroxylation is 1. The smallest absolute Gasteiger partial charge is 0.186 e. The van der Waals surface area contributed by atoms with Crippen molar-refractivity contribution >= 4 is 22.2 Å². The third-order valence-corrected chi connectivity index (χ3v) is 6.09. The van der Waals surface area contributed by atoms with Gasteiger partial charge in [0.25, 0.3) is 0 Å². The molecule has 0 bridgehead atoms. The van der Waals surface area contributed by atoms with Crippen molar-refractivity contribution in [1.82, 2.24) is 4.98 Å². The maximum absolute atomic E-state index is 5.46. The molecule has 3 aromatic rings. The first-order valence-electron chi connectivity index (χ1n) is 9.93. The van der Waals surface area contributed by atoms with Crippen LogP contribution < -0.4 is 14.5 Å². The summed E-state index contributed by atoms with van der Waals surface area (Å²) in [5, 5.41) is 3.15. The van der Waals surface area contributed by atoms with Crippen LogP contribution >= 0.6 is 11.3 Å². The lowest BCUT2D eigenvalue weighted by Crippen LogP contribution is -2.36. The van der Waals surface area contributed by atoms with E-state index in [0.29, 0.717) is 0 Å². The standard InChI is InChI=1S/C23H27N3O2S/c1-18-17-29-23(24-18)26(16-20-4-3-5-22(14-20)27-2)15-19-6-8-21(9-7-19)25-10-12-28-13-11-25/h3-9,14,17H,10-13,15-16H2,1-2H3. The van der Waals surface area contributed by atoms with Gasteiger partial charge in [0.15, 0.2) is 5.13 Å². The topological polar surface area (TPSA) is 37.8 Å². The Bertz CT molecular complexity index is 920. The highest BCUT2D eigenvalue weighted by Crippen LogP contribution is 2.26. The molecule has 1 aliphatic rings. The zero-order valence-corrected chi connectivity index (χ0v) is 17.8. The largest absolute Gasteiger partial charge is 0.497 e. The van der Waals surface area contributed by atoms with Gasteiger partial charge in [0.2, 0.25) is 0 Å². The minimum absolute atomic E-state index is 0.787. The highest BCUT2D eigenvalue weighted by molar-refractivity contribution is 7.13. The van der Waals surface area contributed by atoms with E-state index in [1.165, 1.54) is 16.8 Å². The average Bonchev–Trinajstić information content (AvgIpc) is 3.21. The van der Waals surface area contributed by atoms with Crippen LogP contribution in [0.15, 0.2) is 53.9 Å². The molecule has 6 heteroatoms. The lowest BCUT2D eigenvalue weighted by molar-refractivity contribution is 0.122. The summed E-state index contributed by atoms with van der Waals surface area (Å²) in [6.45, 7) is 7.17. The van der Waals surface area contributed by atoms with Crippen LogP contribution in [-0.4, -0.2) is 38.4 Å².